The van der Waals surface area contributed by atoms with E-state index < -0.39 is 0 Å². The highest BCUT2D eigenvalue weighted by Crippen LogP contribution is 2.26. The summed E-state index contributed by atoms with van der Waals surface area (Å²) in [5, 5.41) is 1.07. The molecule has 3 rings (SSSR count). The Morgan fingerprint density at radius 3 is 3.00 bits per heavy atom. The van der Waals surface area contributed by atoms with Crippen LogP contribution >= 0.6 is 0 Å². The van der Waals surface area contributed by atoms with Crippen molar-refractivity contribution in [2.75, 3.05) is 6.61 Å². The van der Waals surface area contributed by atoms with Gasteiger partial charge < -0.3 is 9.30 Å². The van der Waals surface area contributed by atoms with E-state index in [-0.39, 0.29) is 5.56 Å². The highest BCUT2D eigenvalue weighted by molar-refractivity contribution is 5.84. The van der Waals surface area contributed by atoms with Crippen LogP contribution in [-0.4, -0.2) is 11.2 Å². The minimum Gasteiger partial charge on any atom is -0.491 e. The minimum atomic E-state index is 0.0606. The molecule has 1 aliphatic rings. The number of ether oxygens (including phenoxy) is 1. The van der Waals surface area contributed by atoms with Gasteiger partial charge in [-0.15, -0.1) is 0 Å². The zero-order chi connectivity index (χ0) is 11.0. The summed E-state index contributed by atoms with van der Waals surface area (Å²) in [7, 11) is 0. The molecule has 3 heteroatoms. The summed E-state index contributed by atoms with van der Waals surface area (Å²) in [4.78, 5) is 11.8. The molecule has 2 heterocycles. The van der Waals surface area contributed by atoms with E-state index in [2.05, 4.69) is 0 Å². The number of aryl methyl sites for hydroxylation is 1. The summed E-state index contributed by atoms with van der Waals surface area (Å²) < 4.78 is 7.52. The summed E-state index contributed by atoms with van der Waals surface area (Å²) in [5.41, 5.74) is 1.00. The Hall–Kier alpha value is -1.77. The van der Waals surface area contributed by atoms with E-state index in [0.717, 1.165) is 42.6 Å². The normalized spacial score (nSPS) is 15.2. The molecule has 0 radical (unpaired) electrons. The summed E-state index contributed by atoms with van der Waals surface area (Å²) in [6.07, 6.45) is 1.99. The predicted molar refractivity (Wildman–Crippen MR) is 62.9 cm³/mol. The lowest BCUT2D eigenvalue weighted by molar-refractivity contribution is 0.298. The molecule has 16 heavy (non-hydrogen) atoms. The quantitative estimate of drug-likeness (QED) is 0.674. The van der Waals surface area contributed by atoms with Gasteiger partial charge in [0.05, 0.1) is 12.1 Å². The van der Waals surface area contributed by atoms with Crippen molar-refractivity contribution in [1.82, 2.24) is 4.57 Å². The first-order valence-corrected chi connectivity index (χ1v) is 5.62. The Morgan fingerprint density at radius 1 is 1.12 bits per heavy atom. The average molecular weight is 215 g/mol. The zero-order valence-electron chi connectivity index (χ0n) is 8.98. The lowest BCUT2D eigenvalue weighted by atomic mass is 10.1. The third-order valence-electron chi connectivity index (χ3n) is 3.01. The second-order valence-corrected chi connectivity index (χ2v) is 4.07. The lowest BCUT2D eigenvalue weighted by Crippen LogP contribution is -2.21. The molecule has 0 fully saturated rings. The fourth-order valence-corrected chi connectivity index (χ4v) is 2.22. The van der Waals surface area contributed by atoms with Gasteiger partial charge in [-0.1, -0.05) is 12.1 Å². The van der Waals surface area contributed by atoms with Crippen molar-refractivity contribution >= 4 is 10.9 Å². The number of hydrogen-bond acceptors (Lipinski definition) is 2. The van der Waals surface area contributed by atoms with Gasteiger partial charge in [0.1, 0.15) is 5.75 Å². The molecule has 0 amide bonds. The Bertz CT molecular complexity index is 586. The van der Waals surface area contributed by atoms with Crippen molar-refractivity contribution in [3.63, 3.8) is 0 Å². The molecule has 1 aromatic carbocycles. The Balaban J connectivity index is 2.41. The molecular weight excluding hydrogens is 202 g/mol. The highest BCUT2D eigenvalue weighted by Gasteiger charge is 2.11. The molecule has 0 unspecified atom stereocenters. The molecule has 0 spiro atoms. The molecule has 0 saturated heterocycles. The summed E-state index contributed by atoms with van der Waals surface area (Å²) in [5.74, 6) is 0.829. The van der Waals surface area contributed by atoms with Crippen LogP contribution < -0.4 is 10.3 Å². The van der Waals surface area contributed by atoms with Gasteiger partial charge >= 0.3 is 0 Å². The summed E-state index contributed by atoms with van der Waals surface area (Å²) >= 11 is 0. The Labute approximate surface area is 93.3 Å². The molecule has 1 aliphatic heterocycles. The van der Waals surface area contributed by atoms with E-state index in [1.54, 1.807) is 6.07 Å². The first-order valence-electron chi connectivity index (χ1n) is 5.62. The molecular formula is C13H13NO2. The minimum absolute atomic E-state index is 0.0606. The monoisotopic (exact) mass is 215 g/mol. The SMILES string of the molecule is O=c1ccc2cccc3c2n1CCCCO3. The third kappa shape index (κ3) is 1.40. The molecule has 0 bridgehead atoms. The van der Waals surface area contributed by atoms with Crippen molar-refractivity contribution in [2.24, 2.45) is 0 Å². The first-order chi connectivity index (χ1) is 7.86. The average Bonchev–Trinajstić information content (AvgIpc) is 2.27. The van der Waals surface area contributed by atoms with Crippen LogP contribution in [0.25, 0.3) is 10.9 Å². The molecule has 3 nitrogen and oxygen atoms in total. The summed E-state index contributed by atoms with van der Waals surface area (Å²) in [6.45, 7) is 1.53. The number of pyridine rings is 1. The van der Waals surface area contributed by atoms with Crippen LogP contribution in [0.2, 0.25) is 0 Å². The van der Waals surface area contributed by atoms with Gasteiger partial charge in [0.25, 0.3) is 5.56 Å². The molecule has 2 aromatic rings. The fraction of sp³-hybridized carbons (Fsp3) is 0.308. The van der Waals surface area contributed by atoms with Gasteiger partial charge in [0.2, 0.25) is 0 Å². The third-order valence-corrected chi connectivity index (χ3v) is 3.01. The van der Waals surface area contributed by atoms with E-state index in [9.17, 15) is 4.79 Å². The molecule has 0 saturated carbocycles. The standard InChI is InChI=1S/C13H13NO2/c15-12-7-6-10-4-3-5-11-13(10)14(12)8-1-2-9-16-11/h3-7H,1-2,8-9H2. The van der Waals surface area contributed by atoms with E-state index in [1.807, 2.05) is 28.8 Å². The summed E-state index contributed by atoms with van der Waals surface area (Å²) in [6, 6.07) is 9.41. The van der Waals surface area contributed by atoms with Crippen molar-refractivity contribution in [3.8, 4) is 5.75 Å². The van der Waals surface area contributed by atoms with Gasteiger partial charge in [0.15, 0.2) is 0 Å². The van der Waals surface area contributed by atoms with Gasteiger partial charge in [-0.3, -0.25) is 4.79 Å². The van der Waals surface area contributed by atoms with Gasteiger partial charge in [-0.2, -0.15) is 0 Å². The maximum atomic E-state index is 11.8. The smallest absolute Gasteiger partial charge is 0.251 e. The van der Waals surface area contributed by atoms with Gasteiger partial charge in [-0.05, 0) is 25.0 Å². The molecule has 0 N–H and O–H groups in total. The Morgan fingerprint density at radius 2 is 2.06 bits per heavy atom. The molecule has 0 aliphatic carbocycles. The van der Waals surface area contributed by atoms with E-state index in [4.69, 9.17) is 4.74 Å². The van der Waals surface area contributed by atoms with Crippen LogP contribution in [0.5, 0.6) is 5.75 Å². The molecule has 82 valence electrons. The van der Waals surface area contributed by atoms with Crippen LogP contribution in [0.15, 0.2) is 35.1 Å². The van der Waals surface area contributed by atoms with Gasteiger partial charge in [0, 0.05) is 18.0 Å². The Kier molecular flexibility index (Phi) is 2.17. The number of nitrogens with zero attached hydrogens (tertiary/aromatic N) is 1. The number of rotatable bonds is 0. The lowest BCUT2D eigenvalue weighted by Gasteiger charge is -2.17. The van der Waals surface area contributed by atoms with Gasteiger partial charge in [-0.25, -0.2) is 0 Å². The predicted octanol–water partition coefficient (Wildman–Crippen LogP) is 2.17. The zero-order valence-corrected chi connectivity index (χ0v) is 8.98. The van der Waals surface area contributed by atoms with Crippen LogP contribution in [0.4, 0.5) is 0 Å². The van der Waals surface area contributed by atoms with Crippen molar-refractivity contribution in [2.45, 2.75) is 19.4 Å². The first kappa shape index (κ1) is 9.46. The van der Waals surface area contributed by atoms with E-state index in [1.165, 1.54) is 0 Å². The highest BCUT2D eigenvalue weighted by atomic mass is 16.5. The van der Waals surface area contributed by atoms with Crippen LogP contribution in [0, 0.1) is 0 Å². The number of aromatic nitrogens is 1. The van der Waals surface area contributed by atoms with Crippen LogP contribution in [0.1, 0.15) is 12.8 Å². The molecule has 1 aromatic heterocycles. The second kappa shape index (κ2) is 3.67. The maximum Gasteiger partial charge on any atom is 0.251 e. The van der Waals surface area contributed by atoms with E-state index >= 15 is 0 Å². The van der Waals surface area contributed by atoms with E-state index in [0.29, 0.717) is 0 Å². The van der Waals surface area contributed by atoms with Crippen molar-refractivity contribution in [1.29, 1.82) is 0 Å². The number of para-hydroxylation sites is 1. The largest absolute Gasteiger partial charge is 0.491 e. The van der Waals surface area contributed by atoms with Crippen molar-refractivity contribution in [3.05, 3.63) is 40.7 Å². The number of hydrogen-bond donors (Lipinski definition) is 0. The van der Waals surface area contributed by atoms with Crippen LogP contribution in [0.3, 0.4) is 0 Å². The fourth-order valence-electron chi connectivity index (χ4n) is 2.22. The second-order valence-electron chi connectivity index (χ2n) is 4.07. The number of benzene rings is 1. The maximum absolute atomic E-state index is 11.8. The van der Waals surface area contributed by atoms with Crippen molar-refractivity contribution < 1.29 is 4.74 Å². The topological polar surface area (TPSA) is 31.2 Å². The van der Waals surface area contributed by atoms with Crippen LogP contribution in [-0.2, 0) is 6.54 Å². The molecule has 0 atom stereocenters.